The van der Waals surface area contributed by atoms with Gasteiger partial charge in [-0.25, -0.2) is 0 Å². The number of nitrogens with zero attached hydrogens (tertiary/aromatic N) is 1. The van der Waals surface area contributed by atoms with Crippen LogP contribution in [0.1, 0.15) is 6.42 Å². The summed E-state index contributed by atoms with van der Waals surface area (Å²) < 4.78 is 0. The maximum atomic E-state index is 12.3. The predicted octanol–water partition coefficient (Wildman–Crippen LogP) is 1.17. The minimum absolute atomic E-state index is 0.0589. The van der Waals surface area contributed by atoms with E-state index in [2.05, 4.69) is 5.32 Å². The first-order valence-corrected chi connectivity index (χ1v) is 6.05. The largest absolute Gasteiger partial charge is 0.481 e. The second-order valence-corrected chi connectivity index (χ2v) is 4.72. The van der Waals surface area contributed by atoms with Crippen molar-refractivity contribution in [2.75, 3.05) is 23.3 Å². The second kappa shape index (κ2) is 4.01. The number of nitrogens with one attached hydrogen (secondary N) is 1. The highest BCUT2D eigenvalue weighted by atomic mass is 16.4. The van der Waals surface area contributed by atoms with Gasteiger partial charge < -0.3 is 15.3 Å². The summed E-state index contributed by atoms with van der Waals surface area (Å²) in [6.07, 6.45) is 0.472. The second-order valence-electron chi connectivity index (χ2n) is 4.72. The number of carbonyl (C=O) groups is 2. The number of carboxylic acids is 1. The van der Waals surface area contributed by atoms with E-state index in [1.165, 1.54) is 0 Å². The summed E-state index contributed by atoms with van der Waals surface area (Å²) >= 11 is 0. The number of para-hydroxylation sites is 2. The van der Waals surface area contributed by atoms with E-state index >= 15 is 0 Å². The van der Waals surface area contributed by atoms with Crippen LogP contribution in [0.2, 0.25) is 0 Å². The third-order valence-electron chi connectivity index (χ3n) is 3.54. The number of aliphatic carboxylic acids is 1. The molecule has 1 fully saturated rings. The molecule has 5 heteroatoms. The molecule has 0 bridgehead atoms. The van der Waals surface area contributed by atoms with Gasteiger partial charge in [0.25, 0.3) is 0 Å². The van der Waals surface area contributed by atoms with Gasteiger partial charge in [0.15, 0.2) is 0 Å². The molecule has 1 aromatic carbocycles. The quantitative estimate of drug-likeness (QED) is 0.821. The smallest absolute Gasteiger partial charge is 0.307 e. The Morgan fingerprint density at radius 2 is 2.06 bits per heavy atom. The van der Waals surface area contributed by atoms with Crippen molar-refractivity contribution in [3.63, 3.8) is 0 Å². The van der Waals surface area contributed by atoms with Crippen molar-refractivity contribution in [2.24, 2.45) is 11.8 Å². The Kier molecular flexibility index (Phi) is 2.47. The van der Waals surface area contributed by atoms with Gasteiger partial charge in [0.05, 0.1) is 23.2 Å². The zero-order valence-corrected chi connectivity index (χ0v) is 9.80. The molecule has 18 heavy (non-hydrogen) atoms. The highest BCUT2D eigenvalue weighted by Crippen LogP contribution is 2.42. The molecular formula is C13H14N2O3. The number of hydrogen-bond acceptors (Lipinski definition) is 3. The average Bonchev–Trinajstić information content (AvgIpc) is 3.17. The fraction of sp³-hybridized carbons (Fsp3) is 0.385. The Labute approximate surface area is 104 Å². The molecule has 1 aromatic rings. The van der Waals surface area contributed by atoms with Crippen LogP contribution >= 0.6 is 0 Å². The number of benzene rings is 1. The van der Waals surface area contributed by atoms with E-state index in [1.807, 2.05) is 24.3 Å². The van der Waals surface area contributed by atoms with Gasteiger partial charge in [-0.15, -0.1) is 0 Å². The third kappa shape index (κ3) is 1.72. The predicted molar refractivity (Wildman–Crippen MR) is 66.5 cm³/mol. The van der Waals surface area contributed by atoms with Gasteiger partial charge in [0, 0.05) is 13.1 Å². The number of fused-ring (bicyclic) bond motifs is 1. The fourth-order valence-corrected chi connectivity index (χ4v) is 2.45. The van der Waals surface area contributed by atoms with Crippen LogP contribution < -0.4 is 10.2 Å². The molecule has 0 radical (unpaired) electrons. The summed E-state index contributed by atoms with van der Waals surface area (Å²) in [4.78, 5) is 24.8. The molecular weight excluding hydrogens is 232 g/mol. The normalized spacial score (nSPS) is 25.0. The van der Waals surface area contributed by atoms with Crippen molar-refractivity contribution in [1.82, 2.24) is 0 Å². The van der Waals surface area contributed by atoms with Crippen LogP contribution in [0, 0.1) is 11.8 Å². The van der Waals surface area contributed by atoms with Crippen molar-refractivity contribution >= 4 is 23.3 Å². The van der Waals surface area contributed by atoms with Gasteiger partial charge in [-0.05, 0) is 18.6 Å². The maximum absolute atomic E-state index is 12.3. The van der Waals surface area contributed by atoms with E-state index in [-0.39, 0.29) is 11.8 Å². The van der Waals surface area contributed by atoms with Crippen molar-refractivity contribution < 1.29 is 14.7 Å². The van der Waals surface area contributed by atoms with E-state index in [9.17, 15) is 9.59 Å². The summed E-state index contributed by atoms with van der Waals surface area (Å²) in [5.41, 5.74) is 1.79. The number of carbonyl (C=O) groups excluding carboxylic acids is 1. The Morgan fingerprint density at radius 1 is 1.28 bits per heavy atom. The molecule has 0 saturated heterocycles. The summed E-state index contributed by atoms with van der Waals surface area (Å²) in [7, 11) is 0. The first-order chi connectivity index (χ1) is 8.68. The van der Waals surface area contributed by atoms with Crippen LogP contribution in [0.25, 0.3) is 0 Å². The molecule has 1 aliphatic heterocycles. The Morgan fingerprint density at radius 3 is 2.78 bits per heavy atom. The molecule has 94 valence electrons. The summed E-state index contributed by atoms with van der Waals surface area (Å²) in [5.74, 6) is -1.75. The van der Waals surface area contributed by atoms with E-state index in [4.69, 9.17) is 5.11 Å². The molecule has 1 amide bonds. The van der Waals surface area contributed by atoms with Crippen LogP contribution in [-0.2, 0) is 9.59 Å². The SMILES string of the molecule is O=C(O)[C@@H]1C[C@H]1C(=O)N1CCNc2ccccc21. The third-order valence-corrected chi connectivity index (χ3v) is 3.54. The van der Waals surface area contributed by atoms with E-state index < -0.39 is 11.9 Å². The standard InChI is InChI=1S/C13H14N2O3/c16-12(8-7-9(8)13(17)18)15-6-5-14-10-3-1-2-4-11(10)15/h1-4,8-9,14H,5-7H2,(H,17,18)/t8-,9-/m1/s1. The topological polar surface area (TPSA) is 69.6 Å². The highest BCUT2D eigenvalue weighted by Gasteiger charge is 2.50. The lowest BCUT2D eigenvalue weighted by atomic mass is 10.1. The number of carboxylic acid groups (broad SMARTS) is 1. The molecule has 2 atom stereocenters. The number of amides is 1. The minimum Gasteiger partial charge on any atom is -0.481 e. The van der Waals surface area contributed by atoms with Gasteiger partial charge in [-0.2, -0.15) is 0 Å². The zero-order chi connectivity index (χ0) is 12.7. The van der Waals surface area contributed by atoms with E-state index in [0.717, 1.165) is 11.4 Å². The molecule has 2 N–H and O–H groups in total. The Hall–Kier alpha value is -2.04. The van der Waals surface area contributed by atoms with Crippen LogP contribution in [-0.4, -0.2) is 30.1 Å². The lowest BCUT2D eigenvalue weighted by Gasteiger charge is -2.30. The number of hydrogen-bond donors (Lipinski definition) is 2. The van der Waals surface area contributed by atoms with Gasteiger partial charge in [-0.3, -0.25) is 9.59 Å². The summed E-state index contributed by atoms with van der Waals surface area (Å²) in [6.45, 7) is 1.30. The average molecular weight is 246 g/mol. The summed E-state index contributed by atoms with van der Waals surface area (Å²) in [6, 6.07) is 7.61. The number of rotatable bonds is 2. The van der Waals surface area contributed by atoms with Crippen molar-refractivity contribution in [1.29, 1.82) is 0 Å². The number of anilines is 2. The molecule has 0 unspecified atom stereocenters. The van der Waals surface area contributed by atoms with E-state index in [0.29, 0.717) is 19.5 Å². The van der Waals surface area contributed by atoms with Gasteiger partial charge in [0.2, 0.25) is 5.91 Å². The summed E-state index contributed by atoms with van der Waals surface area (Å²) in [5, 5.41) is 12.1. The lowest BCUT2D eigenvalue weighted by Crippen LogP contribution is -2.40. The van der Waals surface area contributed by atoms with Crippen LogP contribution in [0.15, 0.2) is 24.3 Å². The van der Waals surface area contributed by atoms with Crippen molar-refractivity contribution in [3.8, 4) is 0 Å². The molecule has 1 aliphatic carbocycles. The maximum Gasteiger partial charge on any atom is 0.307 e. The van der Waals surface area contributed by atoms with E-state index in [1.54, 1.807) is 4.90 Å². The molecule has 0 spiro atoms. The van der Waals surface area contributed by atoms with Gasteiger partial charge in [-0.1, -0.05) is 12.1 Å². The Balaban J connectivity index is 1.82. The lowest BCUT2D eigenvalue weighted by molar-refractivity contribution is -0.140. The van der Waals surface area contributed by atoms with Crippen LogP contribution in [0.3, 0.4) is 0 Å². The first-order valence-electron chi connectivity index (χ1n) is 6.05. The van der Waals surface area contributed by atoms with Crippen molar-refractivity contribution in [2.45, 2.75) is 6.42 Å². The monoisotopic (exact) mass is 246 g/mol. The molecule has 0 aromatic heterocycles. The molecule has 3 rings (SSSR count). The minimum atomic E-state index is -0.864. The fourth-order valence-electron chi connectivity index (χ4n) is 2.45. The molecule has 1 saturated carbocycles. The van der Waals surface area contributed by atoms with Crippen LogP contribution in [0.5, 0.6) is 0 Å². The zero-order valence-electron chi connectivity index (χ0n) is 9.80. The van der Waals surface area contributed by atoms with Crippen molar-refractivity contribution in [3.05, 3.63) is 24.3 Å². The molecule has 1 heterocycles. The highest BCUT2D eigenvalue weighted by molar-refractivity contribution is 6.02. The van der Waals surface area contributed by atoms with Gasteiger partial charge in [0.1, 0.15) is 0 Å². The molecule has 2 aliphatic rings. The molecule has 5 nitrogen and oxygen atoms in total. The Bertz CT molecular complexity index is 515. The van der Waals surface area contributed by atoms with Crippen LogP contribution in [0.4, 0.5) is 11.4 Å². The first kappa shape index (κ1) is 11.1. The van der Waals surface area contributed by atoms with Gasteiger partial charge >= 0.3 is 5.97 Å².